The summed E-state index contributed by atoms with van der Waals surface area (Å²) in [5, 5.41) is 13.0. The Morgan fingerprint density at radius 2 is 2.29 bits per heavy atom. The number of hydrogen-bond acceptors (Lipinski definition) is 3. The predicted octanol–water partition coefficient (Wildman–Crippen LogP) is 1.51. The lowest BCUT2D eigenvalue weighted by atomic mass is 10.1. The van der Waals surface area contributed by atoms with Crippen LogP contribution >= 0.6 is 0 Å². The summed E-state index contributed by atoms with van der Waals surface area (Å²) in [4.78, 5) is 2.12. The van der Waals surface area contributed by atoms with Crippen LogP contribution in [-0.4, -0.2) is 30.8 Å². The standard InChI is InChI=1S/C13H19FN2O/c1-13(17)5-6-16(9-13)12-4-3-11(14)7-10(12)8-15-2/h3-4,7,15,17H,5-6,8-9H2,1-2H3. The summed E-state index contributed by atoms with van der Waals surface area (Å²) in [5.41, 5.74) is 1.31. The van der Waals surface area contributed by atoms with Gasteiger partial charge in [-0.15, -0.1) is 0 Å². The van der Waals surface area contributed by atoms with E-state index in [9.17, 15) is 9.50 Å². The number of β-amino-alcohol motifs (C(OH)–C–C–N with tert-alkyl or cyclic N) is 1. The molecule has 4 heteroatoms. The molecule has 94 valence electrons. The van der Waals surface area contributed by atoms with E-state index in [4.69, 9.17) is 0 Å². The molecule has 2 rings (SSSR count). The van der Waals surface area contributed by atoms with Gasteiger partial charge in [-0.05, 0) is 44.2 Å². The third-order valence-electron chi connectivity index (χ3n) is 3.20. The highest BCUT2D eigenvalue weighted by molar-refractivity contribution is 5.55. The third-order valence-corrected chi connectivity index (χ3v) is 3.20. The molecule has 1 saturated heterocycles. The van der Waals surface area contributed by atoms with Crippen molar-refractivity contribution in [3.05, 3.63) is 29.6 Å². The molecule has 0 amide bonds. The average Bonchev–Trinajstić information content (AvgIpc) is 2.59. The monoisotopic (exact) mass is 238 g/mol. The fourth-order valence-electron chi connectivity index (χ4n) is 2.35. The van der Waals surface area contributed by atoms with E-state index in [2.05, 4.69) is 10.2 Å². The quantitative estimate of drug-likeness (QED) is 0.838. The summed E-state index contributed by atoms with van der Waals surface area (Å²) in [6, 6.07) is 4.82. The number of anilines is 1. The van der Waals surface area contributed by atoms with Crippen LogP contribution in [0.3, 0.4) is 0 Å². The molecule has 0 saturated carbocycles. The molecule has 0 aliphatic carbocycles. The first-order chi connectivity index (χ1) is 8.02. The number of benzene rings is 1. The van der Waals surface area contributed by atoms with Crippen molar-refractivity contribution < 1.29 is 9.50 Å². The molecule has 2 N–H and O–H groups in total. The molecule has 1 aliphatic rings. The molecular weight excluding hydrogens is 219 g/mol. The third kappa shape index (κ3) is 2.76. The van der Waals surface area contributed by atoms with Gasteiger partial charge in [0.15, 0.2) is 0 Å². The average molecular weight is 238 g/mol. The van der Waals surface area contributed by atoms with Crippen molar-refractivity contribution in [3.8, 4) is 0 Å². The molecule has 1 heterocycles. The molecule has 1 fully saturated rings. The van der Waals surface area contributed by atoms with E-state index in [-0.39, 0.29) is 5.82 Å². The minimum absolute atomic E-state index is 0.218. The minimum atomic E-state index is -0.634. The fourth-order valence-corrected chi connectivity index (χ4v) is 2.35. The highest BCUT2D eigenvalue weighted by atomic mass is 19.1. The van der Waals surface area contributed by atoms with Gasteiger partial charge in [0.2, 0.25) is 0 Å². The summed E-state index contributed by atoms with van der Waals surface area (Å²) < 4.78 is 13.2. The second-order valence-corrected chi connectivity index (χ2v) is 4.97. The Hall–Kier alpha value is -1.13. The van der Waals surface area contributed by atoms with Gasteiger partial charge in [-0.25, -0.2) is 4.39 Å². The van der Waals surface area contributed by atoms with Gasteiger partial charge in [0.1, 0.15) is 5.82 Å². The van der Waals surface area contributed by atoms with Gasteiger partial charge in [-0.3, -0.25) is 0 Å². The highest BCUT2D eigenvalue weighted by Crippen LogP contribution is 2.29. The van der Waals surface area contributed by atoms with Crippen LogP contribution in [-0.2, 0) is 6.54 Å². The van der Waals surface area contributed by atoms with Gasteiger partial charge in [0.05, 0.1) is 5.60 Å². The number of aliphatic hydroxyl groups is 1. The molecule has 1 aromatic rings. The molecule has 17 heavy (non-hydrogen) atoms. The normalized spacial score (nSPS) is 24.4. The number of hydrogen-bond donors (Lipinski definition) is 2. The maximum atomic E-state index is 13.2. The summed E-state index contributed by atoms with van der Waals surface area (Å²) in [7, 11) is 1.84. The van der Waals surface area contributed by atoms with Gasteiger partial charge >= 0.3 is 0 Å². The number of nitrogens with zero attached hydrogens (tertiary/aromatic N) is 1. The summed E-state index contributed by atoms with van der Waals surface area (Å²) in [6.07, 6.45) is 0.753. The zero-order valence-corrected chi connectivity index (χ0v) is 10.3. The molecule has 1 unspecified atom stereocenters. The maximum Gasteiger partial charge on any atom is 0.123 e. The van der Waals surface area contributed by atoms with Crippen LogP contribution in [0, 0.1) is 5.82 Å². The van der Waals surface area contributed by atoms with E-state index in [0.29, 0.717) is 13.1 Å². The van der Waals surface area contributed by atoms with E-state index >= 15 is 0 Å². The lowest BCUT2D eigenvalue weighted by Crippen LogP contribution is -2.30. The van der Waals surface area contributed by atoms with Crippen LogP contribution in [0.4, 0.5) is 10.1 Å². The van der Waals surface area contributed by atoms with Crippen molar-refractivity contribution in [2.75, 3.05) is 25.0 Å². The lowest BCUT2D eigenvalue weighted by Gasteiger charge is -2.23. The van der Waals surface area contributed by atoms with Crippen LogP contribution < -0.4 is 10.2 Å². The number of halogens is 1. The summed E-state index contributed by atoms with van der Waals surface area (Å²) >= 11 is 0. The smallest absolute Gasteiger partial charge is 0.123 e. The molecule has 0 bridgehead atoms. The van der Waals surface area contributed by atoms with Crippen molar-refractivity contribution in [3.63, 3.8) is 0 Å². The van der Waals surface area contributed by atoms with Crippen LogP contribution in [0.5, 0.6) is 0 Å². The maximum absolute atomic E-state index is 13.2. The van der Waals surface area contributed by atoms with Crippen molar-refractivity contribution in [2.24, 2.45) is 0 Å². The second kappa shape index (κ2) is 4.63. The Labute approximate surface area is 101 Å². The molecule has 1 aromatic carbocycles. The lowest BCUT2D eigenvalue weighted by molar-refractivity contribution is 0.0839. The molecule has 0 radical (unpaired) electrons. The molecule has 0 spiro atoms. The Kier molecular flexibility index (Phi) is 3.35. The van der Waals surface area contributed by atoms with Gasteiger partial charge in [-0.1, -0.05) is 0 Å². The van der Waals surface area contributed by atoms with Crippen molar-refractivity contribution in [2.45, 2.75) is 25.5 Å². The predicted molar refractivity (Wildman–Crippen MR) is 66.6 cm³/mol. The van der Waals surface area contributed by atoms with Crippen molar-refractivity contribution in [1.82, 2.24) is 5.32 Å². The largest absolute Gasteiger partial charge is 0.388 e. The van der Waals surface area contributed by atoms with E-state index in [0.717, 1.165) is 24.2 Å². The first-order valence-corrected chi connectivity index (χ1v) is 5.92. The number of nitrogens with one attached hydrogen (secondary N) is 1. The van der Waals surface area contributed by atoms with E-state index in [1.54, 1.807) is 12.1 Å². The Morgan fingerprint density at radius 1 is 1.53 bits per heavy atom. The van der Waals surface area contributed by atoms with E-state index in [1.807, 2.05) is 14.0 Å². The first kappa shape index (κ1) is 12.3. The SMILES string of the molecule is CNCc1cc(F)ccc1N1CCC(C)(O)C1. The van der Waals surface area contributed by atoms with Gasteiger partial charge in [-0.2, -0.15) is 0 Å². The molecule has 0 aromatic heterocycles. The fraction of sp³-hybridized carbons (Fsp3) is 0.538. The van der Waals surface area contributed by atoms with Crippen LogP contribution in [0.25, 0.3) is 0 Å². The van der Waals surface area contributed by atoms with Crippen molar-refractivity contribution >= 4 is 5.69 Å². The van der Waals surface area contributed by atoms with Crippen LogP contribution in [0.15, 0.2) is 18.2 Å². The molecule has 1 atom stereocenters. The topological polar surface area (TPSA) is 35.5 Å². The van der Waals surface area contributed by atoms with Crippen LogP contribution in [0.2, 0.25) is 0 Å². The Morgan fingerprint density at radius 3 is 2.88 bits per heavy atom. The van der Waals surface area contributed by atoms with Gasteiger partial charge < -0.3 is 15.3 Å². The highest BCUT2D eigenvalue weighted by Gasteiger charge is 2.32. The molecule has 3 nitrogen and oxygen atoms in total. The molecular formula is C13H19FN2O. The second-order valence-electron chi connectivity index (χ2n) is 4.97. The Balaban J connectivity index is 2.26. The first-order valence-electron chi connectivity index (χ1n) is 5.92. The van der Waals surface area contributed by atoms with Gasteiger partial charge in [0.25, 0.3) is 0 Å². The van der Waals surface area contributed by atoms with E-state index < -0.39 is 5.60 Å². The summed E-state index contributed by atoms with van der Waals surface area (Å²) in [6.45, 7) is 3.89. The zero-order chi connectivity index (χ0) is 12.5. The summed E-state index contributed by atoms with van der Waals surface area (Å²) in [5.74, 6) is -0.218. The van der Waals surface area contributed by atoms with Crippen LogP contribution in [0.1, 0.15) is 18.9 Å². The van der Waals surface area contributed by atoms with Gasteiger partial charge in [0, 0.05) is 25.3 Å². The van der Waals surface area contributed by atoms with E-state index in [1.165, 1.54) is 6.07 Å². The Bertz CT molecular complexity index is 406. The number of rotatable bonds is 3. The zero-order valence-electron chi connectivity index (χ0n) is 10.3. The minimum Gasteiger partial charge on any atom is -0.388 e. The molecule has 1 aliphatic heterocycles. The van der Waals surface area contributed by atoms with Crippen molar-refractivity contribution in [1.29, 1.82) is 0 Å².